The molecule has 0 aromatic carbocycles. The molecule has 2 aromatic rings. The summed E-state index contributed by atoms with van der Waals surface area (Å²) in [5.74, 6) is -3.43. The van der Waals surface area contributed by atoms with Gasteiger partial charge in [-0.1, -0.05) is 0 Å². The molecule has 1 atom stereocenters. The van der Waals surface area contributed by atoms with Crippen LogP contribution in [0.3, 0.4) is 0 Å². The fraction of sp³-hybridized carbons (Fsp3) is 0.438. The van der Waals surface area contributed by atoms with Crippen LogP contribution in [0.2, 0.25) is 0 Å². The monoisotopic (exact) mass is 469 g/mol. The van der Waals surface area contributed by atoms with Gasteiger partial charge in [-0.25, -0.2) is 14.2 Å². The fourth-order valence-electron chi connectivity index (χ4n) is 2.54. The van der Waals surface area contributed by atoms with E-state index < -0.39 is 28.2 Å². The maximum absolute atomic E-state index is 13.6. The topological polar surface area (TPSA) is 118 Å². The number of carbonyl (C=O) groups is 1. The van der Waals surface area contributed by atoms with Crippen LogP contribution in [-0.2, 0) is 21.5 Å². The molecule has 1 unspecified atom stereocenters. The molecule has 1 aliphatic rings. The number of carboxylic acids is 1. The zero-order valence-electron chi connectivity index (χ0n) is 16.3. The maximum Gasteiger partial charge on any atom is 0.490 e. The van der Waals surface area contributed by atoms with E-state index in [-0.39, 0.29) is 31.6 Å². The summed E-state index contributed by atoms with van der Waals surface area (Å²) >= 11 is 0. The summed E-state index contributed by atoms with van der Waals surface area (Å²) in [4.78, 5) is 12.7. The highest BCUT2D eigenvalue weighted by molar-refractivity contribution is 7.86. The van der Waals surface area contributed by atoms with Gasteiger partial charge in [0.25, 0.3) is 10.2 Å². The van der Waals surface area contributed by atoms with Gasteiger partial charge in [-0.05, 0) is 18.2 Å². The van der Waals surface area contributed by atoms with Crippen LogP contribution in [0.15, 0.2) is 30.6 Å². The van der Waals surface area contributed by atoms with Gasteiger partial charge in [0.05, 0.1) is 12.2 Å². The highest BCUT2D eigenvalue weighted by Gasteiger charge is 2.38. The fourth-order valence-corrected chi connectivity index (χ4v) is 3.65. The molecule has 0 saturated heterocycles. The number of hydrogen-bond donors (Lipinski definition) is 1. The summed E-state index contributed by atoms with van der Waals surface area (Å²) in [7, 11) is -0.600. The van der Waals surface area contributed by atoms with Gasteiger partial charge in [0.2, 0.25) is 5.88 Å². The van der Waals surface area contributed by atoms with Crippen molar-refractivity contribution in [3.63, 3.8) is 0 Å². The Kier molecular flexibility index (Phi) is 7.56. The van der Waals surface area contributed by atoms with Crippen molar-refractivity contribution in [3.05, 3.63) is 42.1 Å². The first-order valence-electron chi connectivity index (χ1n) is 8.57. The van der Waals surface area contributed by atoms with E-state index in [1.54, 1.807) is 16.9 Å². The summed E-state index contributed by atoms with van der Waals surface area (Å²) in [6.45, 7) is 0.473. The molecule has 0 fully saturated rings. The van der Waals surface area contributed by atoms with Crippen LogP contribution in [0.4, 0.5) is 17.6 Å². The van der Waals surface area contributed by atoms with Crippen molar-refractivity contribution in [3.8, 4) is 5.88 Å². The standard InChI is InChI=1S/C14H18FN5O3S.C2HF3O2/c1-18(2)24(21,22)19-8-11-5-7-17-20(11)12(9-19)10-23-14-13(15)4-3-6-16-14;3-2(4,5)1(6)7/h3-7,12H,8-10H2,1-2H3;(H,6,7). The summed E-state index contributed by atoms with van der Waals surface area (Å²) < 4.78 is 79.8. The molecular weight excluding hydrogens is 450 g/mol. The lowest BCUT2D eigenvalue weighted by Gasteiger charge is -2.34. The summed E-state index contributed by atoms with van der Waals surface area (Å²) in [5, 5.41) is 11.3. The number of aromatic nitrogens is 3. The smallest absolute Gasteiger partial charge is 0.475 e. The molecule has 1 aliphatic heterocycles. The van der Waals surface area contributed by atoms with Crippen LogP contribution >= 0.6 is 0 Å². The van der Waals surface area contributed by atoms with Gasteiger partial charge in [0.1, 0.15) is 12.6 Å². The molecular formula is C16H19F4N5O5S. The van der Waals surface area contributed by atoms with Crippen molar-refractivity contribution in [2.45, 2.75) is 18.8 Å². The SMILES string of the molecule is CN(C)S(=O)(=O)N1Cc2ccnn2C(COc2ncccc2F)C1.O=C(O)C(F)(F)F. The molecule has 0 bridgehead atoms. The van der Waals surface area contributed by atoms with Crippen molar-refractivity contribution in [1.29, 1.82) is 0 Å². The first-order valence-corrected chi connectivity index (χ1v) is 9.97. The number of rotatable bonds is 5. The number of pyridine rings is 1. The summed E-state index contributed by atoms with van der Waals surface area (Å²) in [6.07, 6.45) is -2.04. The number of nitrogens with zero attached hydrogens (tertiary/aromatic N) is 5. The zero-order valence-corrected chi connectivity index (χ0v) is 17.1. The van der Waals surface area contributed by atoms with Crippen molar-refractivity contribution in [2.75, 3.05) is 27.2 Å². The van der Waals surface area contributed by atoms with E-state index in [0.717, 1.165) is 10.00 Å². The van der Waals surface area contributed by atoms with Crippen molar-refractivity contribution < 1.29 is 40.6 Å². The van der Waals surface area contributed by atoms with Gasteiger partial charge < -0.3 is 9.84 Å². The third-order valence-corrected chi connectivity index (χ3v) is 5.87. The maximum atomic E-state index is 13.6. The third-order valence-electron chi connectivity index (χ3n) is 4.02. The Balaban J connectivity index is 0.000000423. The predicted molar refractivity (Wildman–Crippen MR) is 97.7 cm³/mol. The molecule has 2 aromatic heterocycles. The Morgan fingerprint density at radius 3 is 2.52 bits per heavy atom. The quantitative estimate of drug-likeness (QED) is 0.656. The number of fused-ring (bicyclic) bond motifs is 1. The minimum atomic E-state index is -5.08. The van der Waals surface area contributed by atoms with E-state index in [1.165, 1.54) is 36.7 Å². The van der Waals surface area contributed by atoms with Crippen LogP contribution in [0.25, 0.3) is 0 Å². The van der Waals surface area contributed by atoms with Crippen molar-refractivity contribution in [2.24, 2.45) is 0 Å². The molecule has 31 heavy (non-hydrogen) atoms. The van der Waals surface area contributed by atoms with Gasteiger partial charge in [0, 0.05) is 33.0 Å². The molecule has 10 nitrogen and oxygen atoms in total. The number of carboxylic acid groups (broad SMARTS) is 1. The lowest BCUT2D eigenvalue weighted by atomic mass is 10.2. The van der Waals surface area contributed by atoms with Crippen molar-refractivity contribution in [1.82, 2.24) is 23.4 Å². The summed E-state index contributed by atoms with van der Waals surface area (Å²) in [6, 6.07) is 4.11. The van der Waals surface area contributed by atoms with Gasteiger partial charge in [-0.2, -0.15) is 35.3 Å². The van der Waals surface area contributed by atoms with E-state index in [4.69, 9.17) is 14.6 Å². The van der Waals surface area contributed by atoms with E-state index in [1.807, 2.05) is 0 Å². The molecule has 0 aliphatic carbocycles. The number of aliphatic carboxylic acids is 1. The van der Waals surface area contributed by atoms with Crippen LogP contribution in [0.1, 0.15) is 11.7 Å². The van der Waals surface area contributed by atoms with Crippen LogP contribution in [-0.4, -0.2) is 76.3 Å². The summed E-state index contributed by atoms with van der Waals surface area (Å²) in [5.41, 5.74) is 0.752. The lowest BCUT2D eigenvalue weighted by molar-refractivity contribution is -0.192. The Morgan fingerprint density at radius 1 is 1.32 bits per heavy atom. The first-order chi connectivity index (χ1) is 14.3. The van der Waals surface area contributed by atoms with Gasteiger partial charge in [-0.15, -0.1) is 0 Å². The van der Waals surface area contributed by atoms with Crippen LogP contribution < -0.4 is 4.74 Å². The lowest BCUT2D eigenvalue weighted by Crippen LogP contribution is -2.47. The van der Waals surface area contributed by atoms with E-state index in [0.29, 0.717) is 0 Å². The number of hydrogen-bond acceptors (Lipinski definition) is 6. The molecule has 1 N–H and O–H groups in total. The molecule has 0 saturated carbocycles. The second-order valence-corrected chi connectivity index (χ2v) is 8.55. The second-order valence-electron chi connectivity index (χ2n) is 6.41. The first kappa shape index (κ1) is 24.5. The van der Waals surface area contributed by atoms with Gasteiger partial charge in [0.15, 0.2) is 5.82 Å². The average Bonchev–Trinajstić information content (AvgIpc) is 3.15. The Morgan fingerprint density at radius 2 is 1.97 bits per heavy atom. The van der Waals surface area contributed by atoms with Gasteiger partial charge >= 0.3 is 12.1 Å². The van der Waals surface area contributed by atoms with Crippen LogP contribution in [0, 0.1) is 5.82 Å². The minimum absolute atomic E-state index is 0.0576. The zero-order chi connectivity index (χ0) is 23.4. The third kappa shape index (κ3) is 6.11. The Bertz CT molecular complexity index is 1010. The molecule has 172 valence electrons. The second kappa shape index (κ2) is 9.57. The Hall–Kier alpha value is -2.78. The van der Waals surface area contributed by atoms with E-state index >= 15 is 0 Å². The normalized spacial score (nSPS) is 16.9. The predicted octanol–water partition coefficient (Wildman–Crippen LogP) is 1.29. The molecule has 3 heterocycles. The largest absolute Gasteiger partial charge is 0.490 e. The molecule has 0 radical (unpaired) electrons. The minimum Gasteiger partial charge on any atom is -0.475 e. The molecule has 15 heteroatoms. The van der Waals surface area contributed by atoms with Gasteiger partial charge in [-0.3, -0.25) is 4.68 Å². The van der Waals surface area contributed by atoms with Crippen molar-refractivity contribution >= 4 is 16.2 Å². The number of halogens is 4. The average molecular weight is 469 g/mol. The Labute approximate surface area is 174 Å². The number of alkyl halides is 3. The van der Waals surface area contributed by atoms with Crippen LogP contribution in [0.5, 0.6) is 5.88 Å². The highest BCUT2D eigenvalue weighted by Crippen LogP contribution is 2.24. The number of ether oxygens (including phenoxy) is 1. The molecule has 3 rings (SSSR count). The highest BCUT2D eigenvalue weighted by atomic mass is 32.2. The molecule has 0 spiro atoms. The van der Waals surface area contributed by atoms with E-state index in [2.05, 4.69) is 10.1 Å². The molecule has 0 amide bonds. The van der Waals surface area contributed by atoms with E-state index in [9.17, 15) is 26.0 Å².